The monoisotopic (exact) mass is 406 g/mol. The van der Waals surface area contributed by atoms with Gasteiger partial charge in [0.05, 0.1) is 11.3 Å². The number of benzene rings is 1. The van der Waals surface area contributed by atoms with Crippen molar-refractivity contribution in [2.24, 2.45) is 5.73 Å². The van der Waals surface area contributed by atoms with E-state index in [-0.39, 0.29) is 11.5 Å². The number of urea groups is 1. The minimum absolute atomic E-state index is 0.260. The average Bonchev–Trinajstić information content (AvgIpc) is 3.39. The lowest BCUT2D eigenvalue weighted by molar-refractivity contribution is -0.110. The number of nitrogens with one attached hydrogen (secondary N) is 3. The summed E-state index contributed by atoms with van der Waals surface area (Å²) in [5.74, 6) is 1.65. The SMILES string of the molecule is CN(C)[C@@H]1CCN(c2c[nH]c(=C=C3C(=O)Nc4ccc(NC(N)=O)cc43)c2=C=O)C1. The van der Waals surface area contributed by atoms with Gasteiger partial charge in [-0.2, -0.15) is 0 Å². The highest BCUT2D eigenvalue weighted by molar-refractivity contribution is 6.33. The number of carbonyl (C=O) groups excluding carboxylic acids is 3. The lowest BCUT2D eigenvalue weighted by atomic mass is 10.1. The normalized spacial score (nSPS) is 17.6. The Morgan fingerprint density at radius 1 is 1.37 bits per heavy atom. The van der Waals surface area contributed by atoms with Crippen molar-refractivity contribution in [3.05, 3.63) is 40.5 Å². The highest BCUT2D eigenvalue weighted by Gasteiger charge is 2.27. The van der Waals surface area contributed by atoms with Crippen LogP contribution < -0.4 is 31.8 Å². The molecular formula is C21H22N6O3. The second-order valence-corrected chi connectivity index (χ2v) is 7.58. The molecular weight excluding hydrogens is 384 g/mol. The fourth-order valence-corrected chi connectivity index (χ4v) is 3.88. The van der Waals surface area contributed by atoms with Gasteiger partial charge in [-0.25, -0.2) is 9.59 Å². The third-order valence-electron chi connectivity index (χ3n) is 5.48. The maximum absolute atomic E-state index is 12.5. The molecule has 0 unspecified atom stereocenters. The third kappa shape index (κ3) is 3.49. The maximum atomic E-state index is 12.5. The van der Waals surface area contributed by atoms with Gasteiger partial charge in [0.25, 0.3) is 5.91 Å². The van der Waals surface area contributed by atoms with Crippen LogP contribution in [0.4, 0.5) is 21.9 Å². The molecule has 9 heteroatoms. The van der Waals surface area contributed by atoms with E-state index < -0.39 is 6.03 Å². The molecule has 3 heterocycles. The van der Waals surface area contributed by atoms with Crippen molar-refractivity contribution in [3.8, 4) is 0 Å². The van der Waals surface area contributed by atoms with Gasteiger partial charge in [0.2, 0.25) is 0 Å². The van der Waals surface area contributed by atoms with Crippen LogP contribution in [-0.2, 0) is 9.59 Å². The molecule has 0 aliphatic carbocycles. The molecule has 1 aromatic heterocycles. The summed E-state index contributed by atoms with van der Waals surface area (Å²) in [5.41, 5.74) is 10.8. The van der Waals surface area contributed by atoms with Crippen LogP contribution in [0.5, 0.6) is 0 Å². The largest absolute Gasteiger partial charge is 0.368 e. The Labute approximate surface area is 172 Å². The fraction of sp³-hybridized carbons (Fsp3) is 0.286. The average molecular weight is 406 g/mol. The van der Waals surface area contributed by atoms with Crippen LogP contribution in [0, 0.1) is 0 Å². The fourth-order valence-electron chi connectivity index (χ4n) is 3.88. The van der Waals surface area contributed by atoms with Crippen LogP contribution in [0.25, 0.3) is 11.3 Å². The van der Waals surface area contributed by atoms with Crippen molar-refractivity contribution < 1.29 is 14.4 Å². The zero-order valence-corrected chi connectivity index (χ0v) is 16.7. The number of anilines is 3. The van der Waals surface area contributed by atoms with Crippen molar-refractivity contribution in [3.63, 3.8) is 0 Å². The molecule has 2 aliphatic heterocycles. The summed E-state index contributed by atoms with van der Waals surface area (Å²) in [7, 11) is 4.08. The number of H-pyrrole nitrogens is 1. The first-order valence-electron chi connectivity index (χ1n) is 9.54. The zero-order chi connectivity index (χ0) is 21.4. The number of aromatic amines is 1. The van der Waals surface area contributed by atoms with Crippen LogP contribution in [-0.4, -0.2) is 61.0 Å². The second-order valence-electron chi connectivity index (χ2n) is 7.58. The quantitative estimate of drug-likeness (QED) is 0.515. The summed E-state index contributed by atoms with van der Waals surface area (Å²) in [4.78, 5) is 42.8. The first-order valence-corrected chi connectivity index (χ1v) is 9.54. The van der Waals surface area contributed by atoms with Gasteiger partial charge in [0.15, 0.2) is 0 Å². The second kappa shape index (κ2) is 7.57. The number of nitrogens with zero attached hydrogens (tertiary/aromatic N) is 2. The van der Waals surface area contributed by atoms with Crippen molar-refractivity contribution >= 4 is 46.2 Å². The molecule has 1 fully saturated rings. The van der Waals surface area contributed by atoms with E-state index in [1.165, 1.54) is 0 Å². The van der Waals surface area contributed by atoms with Gasteiger partial charge >= 0.3 is 6.03 Å². The smallest absolute Gasteiger partial charge is 0.316 e. The molecule has 2 aliphatic rings. The van der Waals surface area contributed by atoms with Gasteiger partial charge in [0.1, 0.15) is 16.5 Å². The summed E-state index contributed by atoms with van der Waals surface area (Å²) in [6.07, 6.45) is 2.75. The van der Waals surface area contributed by atoms with Gasteiger partial charge in [-0.15, -0.1) is 0 Å². The van der Waals surface area contributed by atoms with E-state index in [0.717, 1.165) is 25.2 Å². The molecule has 154 valence electrons. The van der Waals surface area contributed by atoms with Gasteiger partial charge in [-0.1, -0.05) is 5.73 Å². The zero-order valence-electron chi connectivity index (χ0n) is 16.7. The molecule has 0 saturated carbocycles. The Balaban J connectivity index is 1.81. The number of fused-ring (bicyclic) bond motifs is 1. The highest BCUT2D eigenvalue weighted by atomic mass is 16.2. The van der Waals surface area contributed by atoms with E-state index in [1.54, 1.807) is 24.4 Å². The predicted octanol–water partition coefficient (Wildman–Crippen LogP) is -0.436. The Kier molecular flexibility index (Phi) is 4.93. The molecule has 0 radical (unpaired) electrons. The predicted molar refractivity (Wildman–Crippen MR) is 114 cm³/mol. The first kappa shape index (κ1) is 19.5. The molecule has 1 aromatic carbocycles. The molecule has 0 bridgehead atoms. The van der Waals surface area contributed by atoms with Crippen molar-refractivity contribution in [1.82, 2.24) is 9.88 Å². The number of primary amides is 1. The van der Waals surface area contributed by atoms with Gasteiger partial charge in [0, 0.05) is 42.3 Å². The Hall–Kier alpha value is -3.77. The summed E-state index contributed by atoms with van der Waals surface area (Å²) < 4.78 is 0. The molecule has 4 rings (SSSR count). The van der Waals surface area contributed by atoms with Crippen LogP contribution >= 0.6 is 0 Å². The molecule has 5 N–H and O–H groups in total. The Morgan fingerprint density at radius 2 is 2.17 bits per heavy atom. The van der Waals surface area contributed by atoms with E-state index in [4.69, 9.17) is 5.73 Å². The number of amides is 3. The number of rotatable bonds is 3. The Bertz CT molecular complexity index is 1220. The van der Waals surface area contributed by atoms with E-state index >= 15 is 0 Å². The van der Waals surface area contributed by atoms with E-state index in [9.17, 15) is 14.4 Å². The minimum atomic E-state index is -0.699. The first-order chi connectivity index (χ1) is 14.4. The topological polar surface area (TPSA) is 124 Å². The Morgan fingerprint density at radius 3 is 2.83 bits per heavy atom. The molecule has 3 amide bonds. The minimum Gasteiger partial charge on any atom is -0.368 e. The van der Waals surface area contributed by atoms with Gasteiger partial charge in [-0.3, -0.25) is 4.79 Å². The van der Waals surface area contributed by atoms with Crippen molar-refractivity contribution in [2.45, 2.75) is 12.5 Å². The summed E-state index contributed by atoms with van der Waals surface area (Å²) in [5, 5.41) is 5.97. The standard InChI is InChI=1S/C21H22N6O3/c1-26(2)13-5-6-27(10-13)19-9-23-18(16(19)11-28)8-15-14-7-12(24-21(22)30)3-4-17(14)25-20(15)29/h3-4,7,9,13,23H,5-6,10H2,1-2H3,(H,25,29)(H3,22,24,30)/t8?,13-/m1/s1. The number of likely N-dealkylation sites (N-methyl/N-ethyl adjacent to an activating group) is 1. The summed E-state index contributed by atoms with van der Waals surface area (Å²) in [6.45, 7) is 1.64. The molecule has 2 aromatic rings. The van der Waals surface area contributed by atoms with E-state index in [1.807, 2.05) is 20.0 Å². The number of carbonyl (C=O) groups is 2. The number of hydrogen-bond donors (Lipinski definition) is 4. The van der Waals surface area contributed by atoms with E-state index in [2.05, 4.69) is 31.1 Å². The molecule has 30 heavy (non-hydrogen) atoms. The molecule has 1 atom stereocenters. The molecule has 1 saturated heterocycles. The van der Waals surface area contributed by atoms with Gasteiger partial charge in [-0.05, 0) is 38.7 Å². The summed E-state index contributed by atoms with van der Waals surface area (Å²) >= 11 is 0. The molecule has 0 spiro atoms. The van der Waals surface area contributed by atoms with Crippen LogP contribution in [0.2, 0.25) is 0 Å². The number of hydrogen-bond acceptors (Lipinski definition) is 5. The lowest BCUT2D eigenvalue weighted by Crippen LogP contribution is -2.34. The van der Waals surface area contributed by atoms with E-state index in [0.29, 0.717) is 33.5 Å². The third-order valence-corrected chi connectivity index (χ3v) is 5.48. The van der Waals surface area contributed by atoms with Crippen LogP contribution in [0.15, 0.2) is 24.4 Å². The summed E-state index contributed by atoms with van der Waals surface area (Å²) in [6, 6.07) is 4.66. The highest BCUT2D eigenvalue weighted by Crippen LogP contribution is 2.33. The number of aromatic nitrogens is 1. The number of nitrogens with two attached hydrogens (primary N) is 1. The van der Waals surface area contributed by atoms with Gasteiger partial charge < -0.3 is 31.2 Å². The van der Waals surface area contributed by atoms with Crippen molar-refractivity contribution in [1.29, 1.82) is 0 Å². The van der Waals surface area contributed by atoms with Crippen LogP contribution in [0.3, 0.4) is 0 Å². The molecule has 9 nitrogen and oxygen atoms in total. The van der Waals surface area contributed by atoms with Crippen molar-refractivity contribution in [2.75, 3.05) is 42.7 Å². The lowest BCUT2D eigenvalue weighted by Gasteiger charge is -2.20. The van der Waals surface area contributed by atoms with Crippen LogP contribution in [0.1, 0.15) is 12.0 Å². The maximum Gasteiger partial charge on any atom is 0.316 e.